The molecule has 0 saturated carbocycles. The molecule has 0 atom stereocenters. The minimum absolute atomic E-state index is 0.111. The zero-order valence-electron chi connectivity index (χ0n) is 13.0. The Labute approximate surface area is 149 Å². The number of esters is 1. The van der Waals surface area contributed by atoms with Crippen LogP contribution in [0.2, 0.25) is 10.0 Å². The van der Waals surface area contributed by atoms with E-state index in [1.54, 1.807) is 6.07 Å². The number of phenolic OH excluding ortho intramolecular Hbond substituents is 1. The van der Waals surface area contributed by atoms with Crippen LogP contribution < -0.4 is 5.32 Å². The van der Waals surface area contributed by atoms with Crippen LogP contribution in [0, 0.1) is 13.8 Å². The molecule has 0 saturated heterocycles. The molecular formula is C17H15Cl2NO4. The van der Waals surface area contributed by atoms with Crippen LogP contribution >= 0.6 is 23.2 Å². The molecule has 0 aromatic heterocycles. The quantitative estimate of drug-likeness (QED) is 0.797. The summed E-state index contributed by atoms with van der Waals surface area (Å²) in [5.74, 6) is -1.67. The fourth-order valence-corrected chi connectivity index (χ4v) is 2.67. The molecule has 0 bridgehead atoms. The van der Waals surface area contributed by atoms with Gasteiger partial charge in [-0.2, -0.15) is 0 Å². The van der Waals surface area contributed by atoms with E-state index in [-0.39, 0.29) is 16.3 Å². The highest BCUT2D eigenvalue weighted by Crippen LogP contribution is 2.27. The second-order valence-electron chi connectivity index (χ2n) is 5.22. The lowest BCUT2D eigenvalue weighted by Crippen LogP contribution is -2.21. The number of hydrogen-bond donors (Lipinski definition) is 2. The molecule has 0 aliphatic heterocycles. The van der Waals surface area contributed by atoms with Crippen LogP contribution in [0.5, 0.6) is 5.75 Å². The predicted molar refractivity (Wildman–Crippen MR) is 93.0 cm³/mol. The van der Waals surface area contributed by atoms with Gasteiger partial charge in [0, 0.05) is 5.02 Å². The third kappa shape index (κ3) is 4.40. The molecule has 0 fully saturated rings. The Balaban J connectivity index is 2.01. The number of nitrogens with one attached hydrogen (secondary N) is 1. The van der Waals surface area contributed by atoms with Crippen molar-refractivity contribution in [1.29, 1.82) is 0 Å². The molecule has 126 valence electrons. The summed E-state index contributed by atoms with van der Waals surface area (Å²) in [4.78, 5) is 23.9. The van der Waals surface area contributed by atoms with Gasteiger partial charge < -0.3 is 15.2 Å². The molecule has 0 aliphatic carbocycles. The zero-order chi connectivity index (χ0) is 17.9. The van der Waals surface area contributed by atoms with Gasteiger partial charge in [-0.15, -0.1) is 0 Å². The molecule has 2 aromatic rings. The van der Waals surface area contributed by atoms with Crippen molar-refractivity contribution in [3.8, 4) is 5.75 Å². The summed E-state index contributed by atoms with van der Waals surface area (Å²) < 4.78 is 4.89. The smallest absolute Gasteiger partial charge is 0.342 e. The number of phenols is 1. The number of aryl methyl sites for hydroxylation is 2. The molecule has 2 aromatic carbocycles. The average Bonchev–Trinajstić information content (AvgIpc) is 2.50. The SMILES string of the molecule is Cc1cc(C)c(NC(=O)COC(=O)c2cc(Cl)ccc2O)c(Cl)c1. The van der Waals surface area contributed by atoms with Gasteiger partial charge in [0.2, 0.25) is 0 Å². The molecule has 0 spiro atoms. The lowest BCUT2D eigenvalue weighted by molar-refractivity contribution is -0.119. The highest BCUT2D eigenvalue weighted by molar-refractivity contribution is 6.34. The summed E-state index contributed by atoms with van der Waals surface area (Å²) in [6.07, 6.45) is 0. The number of aromatic hydroxyl groups is 1. The first-order valence-corrected chi connectivity index (χ1v) is 7.75. The molecule has 5 nitrogen and oxygen atoms in total. The summed E-state index contributed by atoms with van der Waals surface area (Å²) in [5.41, 5.74) is 2.12. The summed E-state index contributed by atoms with van der Waals surface area (Å²) in [6, 6.07) is 7.56. The monoisotopic (exact) mass is 367 g/mol. The number of carbonyl (C=O) groups is 2. The van der Waals surface area contributed by atoms with Gasteiger partial charge in [0.15, 0.2) is 6.61 Å². The number of amides is 1. The lowest BCUT2D eigenvalue weighted by atomic mass is 10.1. The van der Waals surface area contributed by atoms with Crippen LogP contribution in [0.25, 0.3) is 0 Å². The predicted octanol–water partition coefficient (Wildman–Crippen LogP) is 4.11. The Kier molecular flexibility index (Phi) is 5.70. The fraction of sp³-hybridized carbons (Fsp3) is 0.176. The van der Waals surface area contributed by atoms with Crippen molar-refractivity contribution in [1.82, 2.24) is 0 Å². The Morgan fingerprint density at radius 2 is 1.88 bits per heavy atom. The maximum atomic E-state index is 12.0. The summed E-state index contributed by atoms with van der Waals surface area (Å²) in [7, 11) is 0. The molecular weight excluding hydrogens is 353 g/mol. The Bertz CT molecular complexity index is 782. The summed E-state index contributed by atoms with van der Waals surface area (Å²) in [5, 5.41) is 12.9. The molecule has 1 amide bonds. The summed E-state index contributed by atoms with van der Waals surface area (Å²) in [6.45, 7) is 3.18. The van der Waals surface area contributed by atoms with Gasteiger partial charge in [-0.25, -0.2) is 4.79 Å². The topological polar surface area (TPSA) is 75.6 Å². The number of hydrogen-bond acceptors (Lipinski definition) is 4. The van der Waals surface area contributed by atoms with Gasteiger partial charge in [0.25, 0.3) is 5.91 Å². The first kappa shape index (κ1) is 18.1. The van der Waals surface area contributed by atoms with Crippen LogP contribution in [-0.4, -0.2) is 23.6 Å². The molecule has 2 rings (SSSR count). The molecule has 0 aliphatic rings. The minimum atomic E-state index is -0.850. The number of rotatable bonds is 4. The maximum Gasteiger partial charge on any atom is 0.342 e. The average molecular weight is 368 g/mol. The van der Waals surface area contributed by atoms with E-state index in [4.69, 9.17) is 27.9 Å². The number of anilines is 1. The molecule has 0 heterocycles. The Morgan fingerprint density at radius 1 is 1.17 bits per heavy atom. The lowest BCUT2D eigenvalue weighted by Gasteiger charge is -2.12. The molecule has 0 unspecified atom stereocenters. The van der Waals surface area contributed by atoms with E-state index in [1.165, 1.54) is 18.2 Å². The van der Waals surface area contributed by atoms with Crippen LogP contribution in [0.3, 0.4) is 0 Å². The van der Waals surface area contributed by atoms with Crippen LogP contribution in [-0.2, 0) is 9.53 Å². The van der Waals surface area contributed by atoms with Crippen molar-refractivity contribution in [3.63, 3.8) is 0 Å². The van der Waals surface area contributed by atoms with E-state index < -0.39 is 18.5 Å². The van der Waals surface area contributed by atoms with E-state index in [9.17, 15) is 14.7 Å². The van der Waals surface area contributed by atoms with Crippen molar-refractivity contribution in [2.75, 3.05) is 11.9 Å². The normalized spacial score (nSPS) is 10.3. The van der Waals surface area contributed by atoms with E-state index in [0.717, 1.165) is 11.1 Å². The minimum Gasteiger partial charge on any atom is -0.507 e. The number of carbonyl (C=O) groups excluding carboxylic acids is 2. The largest absolute Gasteiger partial charge is 0.507 e. The van der Waals surface area contributed by atoms with Gasteiger partial charge in [-0.05, 0) is 49.2 Å². The highest BCUT2D eigenvalue weighted by atomic mass is 35.5. The summed E-state index contributed by atoms with van der Waals surface area (Å²) >= 11 is 11.9. The van der Waals surface area contributed by atoms with Gasteiger partial charge in [-0.1, -0.05) is 29.3 Å². The zero-order valence-corrected chi connectivity index (χ0v) is 14.5. The van der Waals surface area contributed by atoms with Crippen LogP contribution in [0.15, 0.2) is 30.3 Å². The van der Waals surface area contributed by atoms with Gasteiger partial charge in [-0.3, -0.25) is 4.79 Å². The Hall–Kier alpha value is -2.24. The molecule has 2 N–H and O–H groups in total. The van der Waals surface area contributed by atoms with Crippen LogP contribution in [0.1, 0.15) is 21.5 Å². The van der Waals surface area contributed by atoms with Crippen molar-refractivity contribution in [2.45, 2.75) is 13.8 Å². The fourth-order valence-electron chi connectivity index (χ4n) is 2.13. The van der Waals surface area contributed by atoms with Crippen molar-refractivity contribution >= 4 is 40.8 Å². The van der Waals surface area contributed by atoms with Gasteiger partial charge in [0.05, 0.1) is 10.7 Å². The van der Waals surface area contributed by atoms with Crippen molar-refractivity contribution < 1.29 is 19.4 Å². The maximum absolute atomic E-state index is 12.0. The van der Waals surface area contributed by atoms with E-state index >= 15 is 0 Å². The number of halogens is 2. The molecule has 7 heteroatoms. The molecule has 24 heavy (non-hydrogen) atoms. The Morgan fingerprint density at radius 3 is 2.54 bits per heavy atom. The second kappa shape index (κ2) is 7.55. The van der Waals surface area contributed by atoms with Crippen molar-refractivity contribution in [3.05, 3.63) is 57.1 Å². The standard InChI is InChI=1S/C17H15Cl2NO4/c1-9-5-10(2)16(13(19)6-9)20-15(22)8-24-17(23)12-7-11(18)3-4-14(12)21/h3-7,21H,8H2,1-2H3,(H,20,22). The van der Waals surface area contributed by atoms with Crippen molar-refractivity contribution in [2.24, 2.45) is 0 Å². The third-order valence-electron chi connectivity index (χ3n) is 3.21. The van der Waals surface area contributed by atoms with E-state index in [1.807, 2.05) is 19.9 Å². The van der Waals surface area contributed by atoms with Gasteiger partial charge >= 0.3 is 5.97 Å². The molecule has 0 radical (unpaired) electrons. The van der Waals surface area contributed by atoms with Crippen LogP contribution in [0.4, 0.5) is 5.69 Å². The van der Waals surface area contributed by atoms with E-state index in [2.05, 4.69) is 5.32 Å². The second-order valence-corrected chi connectivity index (χ2v) is 6.07. The first-order chi connectivity index (χ1) is 11.3. The number of ether oxygens (including phenoxy) is 1. The van der Waals surface area contributed by atoms with E-state index in [0.29, 0.717) is 10.7 Å². The highest BCUT2D eigenvalue weighted by Gasteiger charge is 2.16. The first-order valence-electron chi connectivity index (χ1n) is 7.00. The number of benzene rings is 2. The third-order valence-corrected chi connectivity index (χ3v) is 3.74. The van der Waals surface area contributed by atoms with Gasteiger partial charge in [0.1, 0.15) is 11.3 Å².